The molecule has 0 bridgehead atoms. The minimum atomic E-state index is -3.78. The summed E-state index contributed by atoms with van der Waals surface area (Å²) >= 11 is 0. The van der Waals surface area contributed by atoms with E-state index in [9.17, 15) is 14.7 Å². The van der Waals surface area contributed by atoms with Gasteiger partial charge in [-0.15, -0.1) is 0 Å². The third-order valence-corrected chi connectivity index (χ3v) is 19.4. The Morgan fingerprint density at radius 2 is 0.810 bits per heavy atom. The molecule has 0 aliphatic rings. The van der Waals surface area contributed by atoms with Crippen LogP contribution in [-0.2, 0) is 0 Å². The second-order valence-corrected chi connectivity index (χ2v) is 18.4. The molecule has 0 heterocycles. The maximum absolute atomic E-state index is 10.6. The Morgan fingerprint density at radius 3 is 0.952 bits per heavy atom. The molecule has 0 aliphatic carbocycles. The Morgan fingerprint density at radius 1 is 0.571 bits per heavy atom. The molecule has 130 valence electrons. The summed E-state index contributed by atoms with van der Waals surface area (Å²) in [7, 11) is -3.78. The molecule has 0 amide bonds. The van der Waals surface area contributed by atoms with Crippen LogP contribution in [0.4, 0.5) is 0 Å². The van der Waals surface area contributed by atoms with Gasteiger partial charge in [-0.3, -0.25) is 0 Å². The van der Waals surface area contributed by atoms with Gasteiger partial charge < -0.3 is 0 Å². The number of hydrogen-bond acceptors (Lipinski definition) is 3. The first-order valence-electron chi connectivity index (χ1n) is 8.89. The summed E-state index contributed by atoms with van der Waals surface area (Å²) in [5, 5.41) is 0. The average molecular weight is 341 g/mol. The first-order valence-corrected chi connectivity index (χ1v) is 14.2. The molecule has 0 rings (SSSR count). The predicted octanol–water partition coefficient (Wildman–Crippen LogP) is 5.39. The van der Waals surface area contributed by atoms with Gasteiger partial charge >= 0.3 is 132 Å². The van der Waals surface area contributed by atoms with Gasteiger partial charge in [-0.25, -0.2) is 0 Å². The van der Waals surface area contributed by atoms with Crippen LogP contribution in [0.25, 0.3) is 0 Å². The molecule has 0 saturated heterocycles. The topological polar surface area (TPSA) is 60.7 Å². The molecule has 0 radical (unpaired) electrons. The van der Waals surface area contributed by atoms with Crippen LogP contribution in [0.2, 0.25) is 0 Å². The van der Waals surface area contributed by atoms with Gasteiger partial charge in [0.05, 0.1) is 0 Å². The zero-order chi connectivity index (χ0) is 16.4. The summed E-state index contributed by atoms with van der Waals surface area (Å²) in [5.74, 6) is 0. The van der Waals surface area contributed by atoms with E-state index in [1.807, 2.05) is 0 Å². The van der Waals surface area contributed by atoms with E-state index in [0.717, 1.165) is 76.0 Å². The van der Waals surface area contributed by atoms with Crippen LogP contribution in [-0.4, -0.2) is 39.3 Å². The van der Waals surface area contributed by atoms with Gasteiger partial charge in [0.1, 0.15) is 0 Å². The van der Waals surface area contributed by atoms with E-state index >= 15 is 0 Å². The normalized spacial score (nSPS) is 14.9. The Hall–Kier alpha value is 0.740. The molecule has 0 unspecified atom stereocenters. The van der Waals surface area contributed by atoms with E-state index in [2.05, 4.69) is 27.7 Å². The monoisotopic (exact) mass is 341 g/mol. The van der Waals surface area contributed by atoms with E-state index in [-0.39, 0.29) is 0 Å². The molecule has 0 aromatic rings. The maximum atomic E-state index is 10.6. The Kier molecular flexibility index (Phi) is 10.1. The van der Waals surface area contributed by atoms with Crippen molar-refractivity contribution in [1.82, 2.24) is 0 Å². The van der Waals surface area contributed by atoms with Crippen molar-refractivity contribution in [3.63, 3.8) is 0 Å². The van der Waals surface area contributed by atoms with Crippen LogP contribution < -0.4 is 0 Å². The first kappa shape index (κ1) is 21.7. The van der Waals surface area contributed by atoms with Gasteiger partial charge in [0.2, 0.25) is 0 Å². The van der Waals surface area contributed by atoms with E-state index in [1.165, 1.54) is 0 Å². The van der Waals surface area contributed by atoms with Crippen molar-refractivity contribution in [2.24, 2.45) is 0 Å². The molecule has 21 heavy (non-hydrogen) atoms. The van der Waals surface area contributed by atoms with Crippen LogP contribution >= 0.6 is 13.9 Å². The van der Waals surface area contributed by atoms with E-state index in [4.69, 9.17) is 0 Å². The van der Waals surface area contributed by atoms with Gasteiger partial charge in [0.25, 0.3) is 0 Å². The number of hydrogen-bond donors (Lipinski definition) is 3. The quantitative estimate of drug-likeness (QED) is 0.393. The van der Waals surface area contributed by atoms with Gasteiger partial charge in [-0.2, -0.15) is 0 Å². The summed E-state index contributed by atoms with van der Waals surface area (Å²) < 4.78 is 0. The fourth-order valence-electron chi connectivity index (χ4n) is 3.46. The van der Waals surface area contributed by atoms with Crippen LogP contribution in [0.1, 0.15) is 79.1 Å². The molecule has 0 spiro atoms. The van der Waals surface area contributed by atoms with Crippen molar-refractivity contribution in [1.29, 1.82) is 0 Å². The number of rotatable bonds is 13. The summed E-state index contributed by atoms with van der Waals surface area (Å²) in [4.78, 5) is 31.7. The molecule has 3 N–H and O–H groups in total. The van der Waals surface area contributed by atoms with Crippen molar-refractivity contribution in [3.05, 3.63) is 0 Å². The minimum absolute atomic E-state index is 0.874. The molecule has 0 aliphatic heterocycles. The molecule has 0 saturated carbocycles. The van der Waals surface area contributed by atoms with Crippen molar-refractivity contribution in [2.45, 2.75) is 79.1 Å². The predicted molar refractivity (Wildman–Crippen MR) is 99.6 cm³/mol. The summed E-state index contributed by atoms with van der Waals surface area (Å²) in [6.07, 6.45) is 8.93. The molecule has 0 aromatic heterocycles. The third kappa shape index (κ3) is 5.40. The average Bonchev–Trinajstić information content (AvgIpc) is 2.45. The second kappa shape index (κ2) is 9.78. The summed E-state index contributed by atoms with van der Waals surface area (Å²) in [5.41, 5.74) is 0. The molecular weight excluding hydrogens is 302 g/mol. The van der Waals surface area contributed by atoms with Gasteiger partial charge in [-0.1, -0.05) is 0 Å². The Balaban J connectivity index is 5.70. The van der Waals surface area contributed by atoms with Crippen LogP contribution in [0.3, 0.4) is 0 Å². The SMILES string of the molecule is CCCCP(CCCC)(CCCC)(CCCC)[P+](O)(O)O. The van der Waals surface area contributed by atoms with Crippen molar-refractivity contribution in [2.75, 3.05) is 24.6 Å². The van der Waals surface area contributed by atoms with Crippen molar-refractivity contribution >= 4 is 13.9 Å². The molecular formula is C16H39O3P2+. The van der Waals surface area contributed by atoms with Crippen LogP contribution in [0, 0.1) is 0 Å². The van der Waals surface area contributed by atoms with Crippen molar-refractivity contribution < 1.29 is 14.7 Å². The van der Waals surface area contributed by atoms with E-state index in [1.54, 1.807) is 0 Å². The zero-order valence-corrected chi connectivity index (χ0v) is 16.5. The standard InChI is InChI=1S/C16H39O3P2/c1-5-9-13-21(14-10-6-2,15-11-7-3,16-12-8-4)20(17,18)19/h17-19H,5-16H2,1-4H3/q+1. The third-order valence-electron chi connectivity index (χ3n) is 5.10. The van der Waals surface area contributed by atoms with Crippen molar-refractivity contribution in [3.8, 4) is 0 Å². The summed E-state index contributed by atoms with van der Waals surface area (Å²) in [6, 6.07) is 0. The molecule has 0 atom stereocenters. The van der Waals surface area contributed by atoms with Gasteiger partial charge in [-0.05, 0) is 0 Å². The zero-order valence-electron chi connectivity index (χ0n) is 14.7. The van der Waals surface area contributed by atoms with E-state index in [0.29, 0.717) is 0 Å². The first-order chi connectivity index (χ1) is 9.82. The van der Waals surface area contributed by atoms with Gasteiger partial charge in [0.15, 0.2) is 0 Å². The summed E-state index contributed by atoms with van der Waals surface area (Å²) in [6.45, 7) is 8.60. The number of unbranched alkanes of at least 4 members (excludes halogenated alkanes) is 4. The fourth-order valence-corrected chi connectivity index (χ4v) is 15.3. The molecule has 5 heteroatoms. The second-order valence-electron chi connectivity index (χ2n) is 6.75. The Labute approximate surface area is 133 Å². The van der Waals surface area contributed by atoms with E-state index < -0.39 is 13.9 Å². The van der Waals surface area contributed by atoms with Gasteiger partial charge in [0, 0.05) is 0 Å². The molecule has 0 aromatic carbocycles. The molecule has 3 nitrogen and oxygen atoms in total. The van der Waals surface area contributed by atoms with Crippen LogP contribution in [0.15, 0.2) is 0 Å². The Bertz CT molecular complexity index is 234. The fraction of sp³-hybridized carbons (Fsp3) is 1.00. The van der Waals surface area contributed by atoms with Crippen LogP contribution in [0.5, 0.6) is 0 Å². The molecule has 0 fully saturated rings.